The van der Waals surface area contributed by atoms with E-state index in [0.29, 0.717) is 13.2 Å². The lowest BCUT2D eigenvalue weighted by molar-refractivity contribution is -0.147. The molecule has 0 spiro atoms. The van der Waals surface area contributed by atoms with Crippen molar-refractivity contribution in [3.63, 3.8) is 0 Å². The maximum absolute atomic E-state index is 12.3. The Morgan fingerprint density at radius 2 is 1.95 bits per heavy atom. The van der Waals surface area contributed by atoms with Gasteiger partial charge in [0.2, 0.25) is 0 Å². The zero-order valence-electron chi connectivity index (χ0n) is 13.7. The quantitative estimate of drug-likeness (QED) is 0.460. The molecule has 0 aliphatic rings. The maximum Gasteiger partial charge on any atom is 0.323 e. The van der Waals surface area contributed by atoms with Crippen molar-refractivity contribution in [1.82, 2.24) is 5.32 Å². The van der Waals surface area contributed by atoms with Gasteiger partial charge in [-0.3, -0.25) is 4.79 Å². The number of hydrogen-bond acceptors (Lipinski definition) is 4. The van der Waals surface area contributed by atoms with Crippen LogP contribution in [0.15, 0.2) is 30.3 Å². The van der Waals surface area contributed by atoms with Gasteiger partial charge < -0.3 is 15.8 Å². The summed E-state index contributed by atoms with van der Waals surface area (Å²) < 4.78 is 5.45. The number of nitrogens with two attached hydrogens (primary N) is 1. The molecule has 0 saturated carbocycles. The Morgan fingerprint density at radius 3 is 2.64 bits per heavy atom. The largest absolute Gasteiger partial charge is 0.460 e. The first-order chi connectivity index (χ1) is 10.8. The van der Waals surface area contributed by atoms with Gasteiger partial charge in [0.15, 0.2) is 0 Å². The highest BCUT2D eigenvalue weighted by Gasteiger charge is 2.18. The zero-order valence-corrected chi connectivity index (χ0v) is 13.7. The summed E-state index contributed by atoms with van der Waals surface area (Å²) in [5, 5.41) is 3.33. The third kappa shape index (κ3) is 8.15. The van der Waals surface area contributed by atoms with E-state index >= 15 is 0 Å². The fraction of sp³-hybridized carbons (Fsp3) is 0.611. The molecule has 1 aromatic carbocycles. The lowest BCUT2D eigenvalue weighted by atomic mass is 10.1. The van der Waals surface area contributed by atoms with E-state index in [9.17, 15) is 4.79 Å². The van der Waals surface area contributed by atoms with Gasteiger partial charge in [0.05, 0.1) is 0 Å². The Balaban J connectivity index is 2.39. The van der Waals surface area contributed by atoms with Gasteiger partial charge in [-0.1, -0.05) is 56.5 Å². The number of carbonyl (C=O) groups excluding carboxylic acids is 1. The Kier molecular flexibility index (Phi) is 10.3. The van der Waals surface area contributed by atoms with E-state index in [1.165, 1.54) is 12.8 Å². The zero-order chi connectivity index (χ0) is 16.0. The molecule has 4 nitrogen and oxygen atoms in total. The summed E-state index contributed by atoms with van der Waals surface area (Å²) in [4.78, 5) is 12.3. The summed E-state index contributed by atoms with van der Waals surface area (Å²) in [7, 11) is 0. The van der Waals surface area contributed by atoms with Crippen LogP contribution in [0.25, 0.3) is 0 Å². The first-order valence-corrected chi connectivity index (χ1v) is 8.42. The molecule has 0 aliphatic heterocycles. The summed E-state index contributed by atoms with van der Waals surface area (Å²) >= 11 is 0. The number of benzene rings is 1. The number of hydrogen-bond donors (Lipinski definition) is 2. The van der Waals surface area contributed by atoms with Crippen LogP contribution in [0.4, 0.5) is 0 Å². The van der Waals surface area contributed by atoms with E-state index in [-0.39, 0.29) is 12.0 Å². The van der Waals surface area contributed by atoms with Gasteiger partial charge in [0.25, 0.3) is 0 Å². The van der Waals surface area contributed by atoms with E-state index in [4.69, 9.17) is 10.5 Å². The number of ether oxygens (including phenoxy) is 1. The van der Waals surface area contributed by atoms with Crippen molar-refractivity contribution in [2.45, 2.75) is 58.1 Å². The molecule has 0 aliphatic carbocycles. The van der Waals surface area contributed by atoms with Gasteiger partial charge >= 0.3 is 5.97 Å². The van der Waals surface area contributed by atoms with Crippen LogP contribution in [0.2, 0.25) is 0 Å². The fourth-order valence-corrected chi connectivity index (χ4v) is 2.28. The molecular formula is C18H30N2O2. The molecule has 0 aromatic heterocycles. The molecule has 1 unspecified atom stereocenters. The van der Waals surface area contributed by atoms with Gasteiger partial charge in [-0.05, 0) is 37.9 Å². The molecule has 0 heterocycles. The van der Waals surface area contributed by atoms with Crippen molar-refractivity contribution in [1.29, 1.82) is 0 Å². The topological polar surface area (TPSA) is 64.3 Å². The maximum atomic E-state index is 12.3. The predicted molar refractivity (Wildman–Crippen MR) is 90.5 cm³/mol. The fourth-order valence-electron chi connectivity index (χ4n) is 2.28. The van der Waals surface area contributed by atoms with Gasteiger partial charge in [-0.25, -0.2) is 0 Å². The summed E-state index contributed by atoms with van der Waals surface area (Å²) in [6, 6.07) is 9.56. The number of nitrogens with one attached hydrogen (secondary N) is 1. The molecule has 0 amide bonds. The molecule has 4 heteroatoms. The van der Waals surface area contributed by atoms with Gasteiger partial charge in [0.1, 0.15) is 12.6 Å². The predicted octanol–water partition coefficient (Wildman–Crippen LogP) is 3.01. The summed E-state index contributed by atoms with van der Waals surface area (Å²) in [5.41, 5.74) is 6.54. The van der Waals surface area contributed by atoms with Crippen LogP contribution in [0.3, 0.4) is 0 Å². The highest BCUT2D eigenvalue weighted by Crippen LogP contribution is 2.07. The van der Waals surface area contributed by atoms with Gasteiger partial charge in [-0.2, -0.15) is 0 Å². The average Bonchev–Trinajstić information content (AvgIpc) is 2.56. The minimum absolute atomic E-state index is 0.155. The average molecular weight is 306 g/mol. The molecule has 1 aromatic rings. The van der Waals surface area contributed by atoms with Crippen molar-refractivity contribution in [3.05, 3.63) is 35.9 Å². The lowest BCUT2D eigenvalue weighted by Gasteiger charge is -2.17. The molecule has 1 rings (SSSR count). The first kappa shape index (κ1) is 18.7. The normalized spacial score (nSPS) is 12.1. The highest BCUT2D eigenvalue weighted by atomic mass is 16.5. The highest BCUT2D eigenvalue weighted by molar-refractivity contribution is 5.75. The second kappa shape index (κ2) is 12.2. The standard InChI is InChI=1S/C18H30N2O2/c1-2-3-9-14-20-17(12-7-8-13-19)18(21)22-15-16-10-5-4-6-11-16/h4-6,10-11,17,20H,2-3,7-9,12-15,19H2,1H3. The molecule has 3 N–H and O–H groups in total. The minimum Gasteiger partial charge on any atom is -0.460 e. The smallest absolute Gasteiger partial charge is 0.323 e. The second-order valence-corrected chi connectivity index (χ2v) is 5.59. The van der Waals surface area contributed by atoms with Crippen molar-refractivity contribution in [2.24, 2.45) is 5.73 Å². The molecule has 1 atom stereocenters. The van der Waals surface area contributed by atoms with E-state index in [0.717, 1.165) is 37.8 Å². The molecule has 124 valence electrons. The van der Waals surface area contributed by atoms with Crippen molar-refractivity contribution < 1.29 is 9.53 Å². The molecule has 22 heavy (non-hydrogen) atoms. The van der Waals surface area contributed by atoms with E-state index < -0.39 is 0 Å². The van der Waals surface area contributed by atoms with Crippen molar-refractivity contribution >= 4 is 5.97 Å². The molecular weight excluding hydrogens is 276 g/mol. The van der Waals surface area contributed by atoms with Crippen LogP contribution >= 0.6 is 0 Å². The van der Waals surface area contributed by atoms with Crippen LogP contribution in [0.5, 0.6) is 0 Å². The summed E-state index contributed by atoms with van der Waals surface area (Å²) in [6.07, 6.45) is 6.13. The second-order valence-electron chi connectivity index (χ2n) is 5.59. The van der Waals surface area contributed by atoms with Gasteiger partial charge in [0, 0.05) is 0 Å². The van der Waals surface area contributed by atoms with E-state index in [1.807, 2.05) is 30.3 Å². The third-order valence-electron chi connectivity index (χ3n) is 3.63. The van der Waals surface area contributed by atoms with Crippen molar-refractivity contribution in [2.75, 3.05) is 13.1 Å². The first-order valence-electron chi connectivity index (χ1n) is 8.42. The van der Waals surface area contributed by atoms with Crippen LogP contribution < -0.4 is 11.1 Å². The number of rotatable bonds is 12. The minimum atomic E-state index is -0.216. The molecule has 0 saturated heterocycles. The lowest BCUT2D eigenvalue weighted by Crippen LogP contribution is -2.38. The van der Waals surface area contributed by atoms with Crippen LogP contribution in [0, 0.1) is 0 Å². The van der Waals surface area contributed by atoms with E-state index in [1.54, 1.807) is 0 Å². The van der Waals surface area contributed by atoms with Crippen LogP contribution in [-0.4, -0.2) is 25.1 Å². The molecule has 0 fully saturated rings. The third-order valence-corrected chi connectivity index (χ3v) is 3.63. The van der Waals surface area contributed by atoms with Crippen LogP contribution in [0.1, 0.15) is 51.0 Å². The van der Waals surface area contributed by atoms with Gasteiger partial charge in [-0.15, -0.1) is 0 Å². The van der Waals surface area contributed by atoms with E-state index in [2.05, 4.69) is 12.2 Å². The Hall–Kier alpha value is -1.39. The number of esters is 1. The number of carbonyl (C=O) groups is 1. The van der Waals surface area contributed by atoms with Crippen LogP contribution in [-0.2, 0) is 16.1 Å². The van der Waals surface area contributed by atoms with Crippen molar-refractivity contribution in [3.8, 4) is 0 Å². The Morgan fingerprint density at radius 1 is 1.18 bits per heavy atom. The SMILES string of the molecule is CCCCCNC(CCCCN)C(=O)OCc1ccccc1. The summed E-state index contributed by atoms with van der Waals surface area (Å²) in [6.45, 7) is 4.04. The summed E-state index contributed by atoms with van der Waals surface area (Å²) in [5.74, 6) is -0.155. The molecule has 0 radical (unpaired) electrons. The number of unbranched alkanes of at least 4 members (excludes halogenated alkanes) is 3. The Labute approximate surface area is 134 Å². The monoisotopic (exact) mass is 306 g/mol. The Bertz CT molecular complexity index is 395. The molecule has 0 bridgehead atoms.